The summed E-state index contributed by atoms with van der Waals surface area (Å²) >= 11 is 3.12. The Morgan fingerprint density at radius 3 is 2.64 bits per heavy atom. The molecule has 0 spiro atoms. The molecule has 0 bridgehead atoms. The van der Waals surface area contributed by atoms with Gasteiger partial charge in [0.2, 0.25) is 0 Å². The lowest BCUT2D eigenvalue weighted by Crippen LogP contribution is -2.26. The summed E-state index contributed by atoms with van der Waals surface area (Å²) in [4.78, 5) is 26.8. The first kappa shape index (κ1) is 11.2. The average Bonchev–Trinajstić information content (AvgIpc) is 2.13. The van der Waals surface area contributed by atoms with Crippen LogP contribution in [0.2, 0.25) is 0 Å². The van der Waals surface area contributed by atoms with E-state index in [1.54, 1.807) is 0 Å². The average molecular weight is 262 g/mol. The highest BCUT2D eigenvalue weighted by atomic mass is 79.9. The predicted octanol–water partition coefficient (Wildman–Crippen LogP) is -0.0370. The predicted molar refractivity (Wildman–Crippen MR) is 57.3 cm³/mol. The molecule has 1 heterocycles. The van der Waals surface area contributed by atoms with Gasteiger partial charge in [0, 0.05) is 5.69 Å². The molecule has 6 heteroatoms. The number of aromatic nitrogens is 2. The molecule has 1 unspecified atom stereocenters. The lowest BCUT2D eigenvalue weighted by molar-refractivity contribution is 0.579. The van der Waals surface area contributed by atoms with Crippen LogP contribution in [0.25, 0.3) is 0 Å². The fourth-order valence-electron chi connectivity index (χ4n) is 1.09. The monoisotopic (exact) mass is 261 g/mol. The quantitative estimate of drug-likeness (QED) is 0.713. The molecule has 0 aliphatic rings. The zero-order chi connectivity index (χ0) is 10.7. The maximum Gasteiger partial charge on any atom is 0.325 e. The maximum atomic E-state index is 11.2. The summed E-state index contributed by atoms with van der Waals surface area (Å²) in [5, 5.41) is 0. The highest BCUT2D eigenvalue weighted by Crippen LogP contribution is 2.11. The van der Waals surface area contributed by atoms with E-state index in [2.05, 4.69) is 25.9 Å². The minimum absolute atomic E-state index is 0.226. The lowest BCUT2D eigenvalue weighted by atomic mass is 10.1. The van der Waals surface area contributed by atoms with Crippen LogP contribution in [0, 0.1) is 5.92 Å². The van der Waals surface area contributed by atoms with E-state index in [9.17, 15) is 9.59 Å². The van der Waals surface area contributed by atoms with Crippen molar-refractivity contribution in [2.75, 3.05) is 6.54 Å². The molecule has 1 atom stereocenters. The minimum Gasteiger partial charge on any atom is -0.330 e. The third kappa shape index (κ3) is 2.55. The van der Waals surface area contributed by atoms with Crippen molar-refractivity contribution < 1.29 is 0 Å². The molecule has 0 aliphatic carbocycles. The SMILES string of the molecule is CC(CN)Cc1[nH]c(=O)[nH]c(=O)c1Br. The number of nitrogens with two attached hydrogens (primary N) is 1. The van der Waals surface area contributed by atoms with Crippen LogP contribution in [-0.4, -0.2) is 16.5 Å². The molecule has 5 nitrogen and oxygen atoms in total. The largest absolute Gasteiger partial charge is 0.330 e. The molecule has 1 rings (SSSR count). The third-order valence-corrected chi connectivity index (χ3v) is 2.75. The number of hydrogen-bond acceptors (Lipinski definition) is 3. The molecule has 0 saturated carbocycles. The molecule has 0 radical (unpaired) electrons. The van der Waals surface area contributed by atoms with Gasteiger partial charge in [0.15, 0.2) is 0 Å². The van der Waals surface area contributed by atoms with Crippen molar-refractivity contribution in [3.63, 3.8) is 0 Å². The van der Waals surface area contributed by atoms with Crippen molar-refractivity contribution in [1.82, 2.24) is 9.97 Å². The van der Waals surface area contributed by atoms with Gasteiger partial charge in [-0.1, -0.05) is 6.92 Å². The highest BCUT2D eigenvalue weighted by Gasteiger charge is 2.09. The van der Waals surface area contributed by atoms with Crippen LogP contribution in [0.1, 0.15) is 12.6 Å². The maximum absolute atomic E-state index is 11.2. The zero-order valence-corrected chi connectivity index (χ0v) is 9.35. The van der Waals surface area contributed by atoms with E-state index in [4.69, 9.17) is 5.73 Å². The summed E-state index contributed by atoms with van der Waals surface area (Å²) in [6, 6.07) is 0. The molecule has 0 fully saturated rings. The second-order valence-electron chi connectivity index (χ2n) is 3.25. The molecule has 0 saturated heterocycles. The van der Waals surface area contributed by atoms with Crippen molar-refractivity contribution in [2.45, 2.75) is 13.3 Å². The van der Waals surface area contributed by atoms with E-state index in [-0.39, 0.29) is 5.92 Å². The third-order valence-electron chi connectivity index (χ3n) is 1.91. The van der Waals surface area contributed by atoms with Crippen LogP contribution in [0.15, 0.2) is 14.1 Å². The Labute approximate surface area is 88.9 Å². The Kier molecular flexibility index (Phi) is 3.65. The van der Waals surface area contributed by atoms with Crippen molar-refractivity contribution in [3.05, 3.63) is 31.0 Å². The number of halogens is 1. The Bertz CT molecular complexity index is 423. The number of rotatable bonds is 3. The molecule has 1 aromatic rings. The van der Waals surface area contributed by atoms with E-state index in [0.29, 0.717) is 23.1 Å². The van der Waals surface area contributed by atoms with E-state index in [1.165, 1.54) is 0 Å². The first-order valence-corrected chi connectivity index (χ1v) is 5.05. The molecule has 1 aromatic heterocycles. The summed E-state index contributed by atoms with van der Waals surface area (Å²) in [5.74, 6) is 0.226. The van der Waals surface area contributed by atoms with Crippen LogP contribution < -0.4 is 17.0 Å². The van der Waals surface area contributed by atoms with Crippen LogP contribution in [-0.2, 0) is 6.42 Å². The second-order valence-corrected chi connectivity index (χ2v) is 4.04. The van der Waals surface area contributed by atoms with Crippen LogP contribution in [0.4, 0.5) is 0 Å². The zero-order valence-electron chi connectivity index (χ0n) is 7.76. The molecule has 14 heavy (non-hydrogen) atoms. The van der Waals surface area contributed by atoms with Crippen LogP contribution in [0.5, 0.6) is 0 Å². The summed E-state index contributed by atoms with van der Waals surface area (Å²) in [7, 11) is 0. The normalized spacial score (nSPS) is 12.8. The van der Waals surface area contributed by atoms with Gasteiger partial charge >= 0.3 is 5.69 Å². The van der Waals surface area contributed by atoms with E-state index >= 15 is 0 Å². The van der Waals surface area contributed by atoms with Gasteiger partial charge in [-0.2, -0.15) is 0 Å². The standard InChI is InChI=1S/C8H12BrN3O2/c1-4(3-10)2-5-6(9)7(13)12-8(14)11-5/h4H,2-3,10H2,1H3,(H2,11,12,13,14). The molecule has 0 aliphatic heterocycles. The summed E-state index contributed by atoms with van der Waals surface area (Å²) in [6.07, 6.45) is 0.580. The van der Waals surface area contributed by atoms with Crippen LogP contribution in [0.3, 0.4) is 0 Å². The fraction of sp³-hybridized carbons (Fsp3) is 0.500. The topological polar surface area (TPSA) is 91.7 Å². The van der Waals surface area contributed by atoms with Gasteiger partial charge in [-0.05, 0) is 34.8 Å². The van der Waals surface area contributed by atoms with E-state index in [0.717, 1.165) is 0 Å². The Morgan fingerprint density at radius 1 is 1.43 bits per heavy atom. The summed E-state index contributed by atoms with van der Waals surface area (Å²) in [6.45, 7) is 2.47. The number of H-pyrrole nitrogens is 2. The van der Waals surface area contributed by atoms with Gasteiger partial charge in [-0.25, -0.2) is 4.79 Å². The highest BCUT2D eigenvalue weighted by molar-refractivity contribution is 9.10. The number of hydrogen-bond donors (Lipinski definition) is 3. The van der Waals surface area contributed by atoms with Crippen LogP contribution >= 0.6 is 15.9 Å². The summed E-state index contributed by atoms with van der Waals surface area (Å²) in [5.41, 5.74) is 5.15. The fourth-order valence-corrected chi connectivity index (χ4v) is 1.45. The number of nitrogens with one attached hydrogen (secondary N) is 2. The van der Waals surface area contributed by atoms with Gasteiger partial charge in [0.1, 0.15) is 4.47 Å². The lowest BCUT2D eigenvalue weighted by Gasteiger charge is -2.08. The summed E-state index contributed by atoms with van der Waals surface area (Å²) < 4.78 is 0.373. The van der Waals surface area contributed by atoms with E-state index in [1.807, 2.05) is 6.92 Å². The molecule has 0 aromatic carbocycles. The smallest absolute Gasteiger partial charge is 0.325 e. The molecule has 0 amide bonds. The second kappa shape index (κ2) is 4.56. The van der Waals surface area contributed by atoms with E-state index < -0.39 is 11.2 Å². The van der Waals surface area contributed by atoms with Crippen molar-refractivity contribution in [3.8, 4) is 0 Å². The van der Waals surface area contributed by atoms with Crippen molar-refractivity contribution in [2.24, 2.45) is 11.7 Å². The first-order valence-electron chi connectivity index (χ1n) is 4.25. The van der Waals surface area contributed by atoms with Gasteiger partial charge in [-0.15, -0.1) is 0 Å². The Morgan fingerprint density at radius 2 is 2.07 bits per heavy atom. The van der Waals surface area contributed by atoms with Gasteiger partial charge < -0.3 is 10.7 Å². The molecule has 4 N–H and O–H groups in total. The first-order chi connectivity index (χ1) is 6.54. The molecular formula is C8H12BrN3O2. The van der Waals surface area contributed by atoms with Crippen molar-refractivity contribution in [1.29, 1.82) is 0 Å². The molecule has 78 valence electrons. The Balaban J connectivity index is 3.09. The molecular weight excluding hydrogens is 250 g/mol. The van der Waals surface area contributed by atoms with Gasteiger partial charge in [0.05, 0.1) is 0 Å². The van der Waals surface area contributed by atoms with Crippen molar-refractivity contribution >= 4 is 15.9 Å². The number of aromatic amines is 2. The Hall–Kier alpha value is -0.880. The minimum atomic E-state index is -0.488. The van der Waals surface area contributed by atoms with Gasteiger partial charge in [-0.3, -0.25) is 9.78 Å². The van der Waals surface area contributed by atoms with Gasteiger partial charge in [0.25, 0.3) is 5.56 Å².